The van der Waals surface area contributed by atoms with Crippen molar-refractivity contribution in [3.8, 4) is 50.2 Å². The number of hydrogen-bond acceptors (Lipinski definition) is 1. The van der Waals surface area contributed by atoms with E-state index >= 15 is 0 Å². The SMILES string of the molecule is C1=CC(N(c2ccc(-c3ccc(-c4c5ccccc5c(-c5ccccc5)c5ccccc45)cc3)cc2)c2ccc(-c3ccc4c(c3)c3ccccc3n4-c3ccccc3)cc2)=CCC1.CC.CC(C)C. The molecule has 0 saturated carbocycles. The summed E-state index contributed by atoms with van der Waals surface area (Å²) in [6.45, 7) is 10.5. The zero-order chi connectivity index (χ0) is 48.0. The summed E-state index contributed by atoms with van der Waals surface area (Å²) in [5.74, 6) is 0.833. The van der Waals surface area contributed by atoms with Gasteiger partial charge in [0.25, 0.3) is 0 Å². The second-order valence-electron chi connectivity index (χ2n) is 18.5. The molecule has 0 unspecified atom stereocenters. The van der Waals surface area contributed by atoms with Gasteiger partial charge in [0.05, 0.1) is 11.0 Å². The average Bonchev–Trinajstić information content (AvgIpc) is 3.76. The van der Waals surface area contributed by atoms with Crippen LogP contribution in [0.15, 0.2) is 248 Å². The molecule has 12 rings (SSSR count). The Hall–Kier alpha value is -8.20. The van der Waals surface area contributed by atoms with Crippen molar-refractivity contribution in [1.82, 2.24) is 4.57 Å². The molecule has 0 spiro atoms. The fourth-order valence-electron chi connectivity index (χ4n) is 10.0. The monoisotopic (exact) mass is 904 g/mol. The minimum atomic E-state index is 0.833. The van der Waals surface area contributed by atoms with Crippen molar-refractivity contribution >= 4 is 54.7 Å². The van der Waals surface area contributed by atoms with Crippen molar-refractivity contribution < 1.29 is 0 Å². The van der Waals surface area contributed by atoms with Gasteiger partial charge in [-0.3, -0.25) is 0 Å². The molecule has 0 saturated heterocycles. The molecule has 0 N–H and O–H groups in total. The fraction of sp³-hybridized carbons (Fsp3) is 0.118. The van der Waals surface area contributed by atoms with Crippen LogP contribution in [0.3, 0.4) is 0 Å². The van der Waals surface area contributed by atoms with Gasteiger partial charge < -0.3 is 9.47 Å². The van der Waals surface area contributed by atoms with Crippen LogP contribution in [-0.4, -0.2) is 4.57 Å². The maximum absolute atomic E-state index is 2.39. The molecule has 2 nitrogen and oxygen atoms in total. The molecule has 0 atom stereocenters. The van der Waals surface area contributed by atoms with Crippen molar-refractivity contribution in [3.05, 3.63) is 248 Å². The number of rotatable bonds is 8. The van der Waals surface area contributed by atoms with Gasteiger partial charge in [-0.1, -0.05) is 217 Å². The number of allylic oxidation sites excluding steroid dienone is 3. The zero-order valence-electron chi connectivity index (χ0n) is 41.0. The Morgan fingerprint density at radius 2 is 0.771 bits per heavy atom. The lowest BCUT2D eigenvalue weighted by Crippen LogP contribution is -2.16. The maximum atomic E-state index is 2.39. The highest BCUT2D eigenvalue weighted by molar-refractivity contribution is 6.21. The highest BCUT2D eigenvalue weighted by Crippen LogP contribution is 2.44. The van der Waals surface area contributed by atoms with Gasteiger partial charge in [-0.15, -0.1) is 0 Å². The minimum Gasteiger partial charge on any atom is -0.311 e. The van der Waals surface area contributed by atoms with E-state index in [1.54, 1.807) is 0 Å². The van der Waals surface area contributed by atoms with Crippen molar-refractivity contribution in [1.29, 1.82) is 0 Å². The van der Waals surface area contributed by atoms with Gasteiger partial charge in [-0.25, -0.2) is 0 Å². The molecule has 11 aromatic rings. The lowest BCUT2D eigenvalue weighted by Gasteiger charge is -2.28. The largest absolute Gasteiger partial charge is 0.311 e. The Bertz CT molecular complexity index is 3550. The van der Waals surface area contributed by atoms with Crippen LogP contribution in [0.25, 0.3) is 93.5 Å². The van der Waals surface area contributed by atoms with Crippen molar-refractivity contribution in [2.45, 2.75) is 47.5 Å². The molecule has 0 aliphatic heterocycles. The number of para-hydroxylation sites is 2. The first-order valence-corrected chi connectivity index (χ1v) is 25.1. The molecule has 0 fully saturated rings. The van der Waals surface area contributed by atoms with Crippen LogP contribution in [0.2, 0.25) is 0 Å². The standard InChI is InChI=1S/C62H44N2.C4H10.C2H6/c1-4-16-46(17-5-1)61-54-23-10-12-25-56(54)62(57-26-13-11-24-55(57)61)47-30-28-43(29-31-47)44-32-37-51(38-33-44)63(49-18-6-2-7-19-49)52-39-34-45(35-40-52)48-36-41-60-58(42-48)53-22-14-15-27-59(53)64(60)50-20-8-3-9-21-50;1-4(2)3;1-2/h1,3-6,8-42H,2,7H2;4H,1-3H3;1-2H3. The summed E-state index contributed by atoms with van der Waals surface area (Å²) >= 11 is 0. The van der Waals surface area contributed by atoms with E-state index in [0.717, 1.165) is 30.1 Å². The summed E-state index contributed by atoms with van der Waals surface area (Å²) in [7, 11) is 0. The number of aromatic nitrogens is 1. The lowest BCUT2D eigenvalue weighted by atomic mass is 9.86. The van der Waals surface area contributed by atoms with Crippen LogP contribution in [0.4, 0.5) is 11.4 Å². The summed E-state index contributed by atoms with van der Waals surface area (Å²) in [5.41, 5.74) is 16.9. The van der Waals surface area contributed by atoms with Crippen LogP contribution in [0, 0.1) is 5.92 Å². The van der Waals surface area contributed by atoms with E-state index in [0.29, 0.717) is 0 Å². The third-order valence-corrected chi connectivity index (χ3v) is 13.0. The summed E-state index contributed by atoms with van der Waals surface area (Å²) < 4.78 is 2.37. The van der Waals surface area contributed by atoms with Gasteiger partial charge in [-0.2, -0.15) is 0 Å². The predicted molar refractivity (Wildman–Crippen MR) is 304 cm³/mol. The van der Waals surface area contributed by atoms with Gasteiger partial charge in [-0.05, 0) is 145 Å². The highest BCUT2D eigenvalue weighted by atomic mass is 15.1. The molecular formula is C68H60N2. The van der Waals surface area contributed by atoms with Crippen LogP contribution in [0.5, 0.6) is 0 Å². The lowest BCUT2D eigenvalue weighted by molar-refractivity contribution is 0.737. The van der Waals surface area contributed by atoms with Crippen LogP contribution in [-0.2, 0) is 0 Å². The van der Waals surface area contributed by atoms with Crippen LogP contribution >= 0.6 is 0 Å². The van der Waals surface area contributed by atoms with Gasteiger partial charge >= 0.3 is 0 Å². The zero-order valence-corrected chi connectivity index (χ0v) is 41.0. The number of fused-ring (bicyclic) bond motifs is 5. The molecule has 10 aromatic carbocycles. The Morgan fingerprint density at radius 1 is 0.371 bits per heavy atom. The third-order valence-electron chi connectivity index (χ3n) is 13.0. The third kappa shape index (κ3) is 8.97. The first kappa shape index (κ1) is 45.6. The van der Waals surface area contributed by atoms with Crippen molar-refractivity contribution in [2.24, 2.45) is 5.92 Å². The summed E-state index contributed by atoms with van der Waals surface area (Å²) in [4.78, 5) is 2.39. The topological polar surface area (TPSA) is 8.17 Å². The first-order chi connectivity index (χ1) is 34.5. The summed E-state index contributed by atoms with van der Waals surface area (Å²) in [6, 6.07) is 82.1. The molecule has 1 aliphatic carbocycles. The fourth-order valence-corrected chi connectivity index (χ4v) is 10.0. The molecule has 1 aromatic heterocycles. The van der Waals surface area contributed by atoms with Crippen molar-refractivity contribution in [3.63, 3.8) is 0 Å². The van der Waals surface area contributed by atoms with E-state index in [2.05, 4.69) is 273 Å². The average molecular weight is 905 g/mol. The molecule has 0 radical (unpaired) electrons. The Kier molecular flexibility index (Phi) is 13.4. The molecule has 0 amide bonds. The van der Waals surface area contributed by atoms with Crippen LogP contribution < -0.4 is 4.90 Å². The molecule has 1 aliphatic rings. The van der Waals surface area contributed by atoms with E-state index in [1.807, 2.05) is 13.8 Å². The van der Waals surface area contributed by atoms with E-state index in [9.17, 15) is 0 Å². The second kappa shape index (κ2) is 20.6. The van der Waals surface area contributed by atoms with Gasteiger partial charge in [0.2, 0.25) is 0 Å². The van der Waals surface area contributed by atoms with Gasteiger partial charge in [0, 0.05) is 33.5 Å². The molecule has 0 bridgehead atoms. The van der Waals surface area contributed by atoms with Crippen LogP contribution in [0.1, 0.15) is 47.5 Å². The maximum Gasteiger partial charge on any atom is 0.0541 e. The first-order valence-electron chi connectivity index (χ1n) is 25.1. The van der Waals surface area contributed by atoms with E-state index in [4.69, 9.17) is 0 Å². The molecule has 1 heterocycles. The summed E-state index contributed by atoms with van der Waals surface area (Å²) in [6.07, 6.45) is 9.00. The Labute approximate surface area is 414 Å². The summed E-state index contributed by atoms with van der Waals surface area (Å²) in [5, 5.41) is 7.60. The molecule has 2 heteroatoms. The minimum absolute atomic E-state index is 0.833. The Morgan fingerprint density at radius 3 is 1.29 bits per heavy atom. The van der Waals surface area contributed by atoms with E-state index in [-0.39, 0.29) is 0 Å². The highest BCUT2D eigenvalue weighted by Gasteiger charge is 2.19. The number of benzene rings is 10. The predicted octanol–water partition coefficient (Wildman–Crippen LogP) is 19.8. The normalized spacial score (nSPS) is 12.1. The molecule has 342 valence electrons. The molecule has 70 heavy (non-hydrogen) atoms. The number of anilines is 2. The number of nitrogens with zero attached hydrogens (tertiary/aromatic N) is 2. The van der Waals surface area contributed by atoms with Gasteiger partial charge in [0.1, 0.15) is 0 Å². The van der Waals surface area contributed by atoms with Crippen molar-refractivity contribution in [2.75, 3.05) is 4.90 Å². The smallest absolute Gasteiger partial charge is 0.0541 e. The second-order valence-corrected chi connectivity index (χ2v) is 18.5. The van der Waals surface area contributed by atoms with E-state index in [1.165, 1.54) is 99.2 Å². The van der Waals surface area contributed by atoms with E-state index < -0.39 is 0 Å². The Balaban J connectivity index is 0.000000902. The van der Waals surface area contributed by atoms with Gasteiger partial charge in [0.15, 0.2) is 0 Å². The number of hydrogen-bond donors (Lipinski definition) is 0. The quantitative estimate of drug-likeness (QED) is 0.138. The molecular weight excluding hydrogens is 845 g/mol.